The van der Waals surface area contributed by atoms with Crippen molar-refractivity contribution in [3.05, 3.63) is 59.7 Å². The van der Waals surface area contributed by atoms with E-state index in [4.69, 9.17) is 15.2 Å². The minimum Gasteiger partial charge on any atom is -0.454 e. The van der Waals surface area contributed by atoms with Crippen LogP contribution in [-0.2, 0) is 0 Å². The summed E-state index contributed by atoms with van der Waals surface area (Å²) in [4.78, 5) is 0. The summed E-state index contributed by atoms with van der Waals surface area (Å²) in [6.07, 6.45) is 0. The molecule has 4 nitrogen and oxygen atoms in total. The Morgan fingerprint density at radius 3 is 2.50 bits per heavy atom. The number of benzene rings is 2. The van der Waals surface area contributed by atoms with Crippen LogP contribution < -0.4 is 15.2 Å². The van der Waals surface area contributed by atoms with Crippen LogP contribution in [0.3, 0.4) is 0 Å². The highest BCUT2D eigenvalue weighted by Gasteiger charge is 2.15. The molecule has 0 atom stereocenters. The maximum absolute atomic E-state index is 9.36. The van der Waals surface area contributed by atoms with Crippen LogP contribution in [0.25, 0.3) is 11.3 Å². The van der Waals surface area contributed by atoms with E-state index in [0.29, 0.717) is 22.8 Å². The number of ether oxygens (including phenoxy) is 2. The van der Waals surface area contributed by atoms with Gasteiger partial charge in [0.2, 0.25) is 6.79 Å². The van der Waals surface area contributed by atoms with Crippen LogP contribution in [0.2, 0.25) is 0 Å². The SMILES string of the molecule is N#C/C(=C(/N)c1ccc2c(c1)OCO2)c1ccccc1. The molecule has 0 unspecified atom stereocenters. The molecular weight excluding hydrogens is 252 g/mol. The third-order valence-corrected chi connectivity index (χ3v) is 3.13. The molecule has 0 spiro atoms. The Labute approximate surface area is 116 Å². The summed E-state index contributed by atoms with van der Waals surface area (Å²) in [5.74, 6) is 1.34. The Kier molecular flexibility index (Phi) is 3.02. The van der Waals surface area contributed by atoms with Crippen LogP contribution in [0.4, 0.5) is 0 Å². The van der Waals surface area contributed by atoms with Crippen molar-refractivity contribution < 1.29 is 9.47 Å². The van der Waals surface area contributed by atoms with Gasteiger partial charge in [-0.1, -0.05) is 30.3 Å². The van der Waals surface area contributed by atoms with E-state index in [0.717, 1.165) is 11.1 Å². The smallest absolute Gasteiger partial charge is 0.231 e. The number of hydrogen-bond donors (Lipinski definition) is 1. The second-order valence-electron chi connectivity index (χ2n) is 4.33. The second kappa shape index (κ2) is 4.98. The van der Waals surface area contributed by atoms with Crippen LogP contribution in [0.1, 0.15) is 11.1 Å². The van der Waals surface area contributed by atoms with Gasteiger partial charge in [-0.3, -0.25) is 0 Å². The zero-order valence-corrected chi connectivity index (χ0v) is 10.7. The molecule has 0 bridgehead atoms. The summed E-state index contributed by atoms with van der Waals surface area (Å²) >= 11 is 0. The first-order chi connectivity index (χ1) is 9.79. The van der Waals surface area contributed by atoms with Gasteiger partial charge in [-0.2, -0.15) is 5.26 Å². The number of allylic oxidation sites excluding steroid dienone is 1. The van der Waals surface area contributed by atoms with Crippen molar-refractivity contribution in [2.75, 3.05) is 6.79 Å². The van der Waals surface area contributed by atoms with E-state index >= 15 is 0 Å². The molecule has 2 N–H and O–H groups in total. The Balaban J connectivity index is 2.08. The lowest BCUT2D eigenvalue weighted by atomic mass is 10.0. The molecule has 0 saturated heterocycles. The molecule has 0 amide bonds. The maximum Gasteiger partial charge on any atom is 0.231 e. The number of nitriles is 1. The van der Waals surface area contributed by atoms with Gasteiger partial charge in [0, 0.05) is 5.56 Å². The predicted octanol–water partition coefficient (Wildman–Crippen LogP) is 2.77. The molecule has 0 saturated carbocycles. The maximum atomic E-state index is 9.36. The average molecular weight is 264 g/mol. The highest BCUT2D eigenvalue weighted by atomic mass is 16.7. The number of nitrogens with two attached hydrogens (primary N) is 1. The highest BCUT2D eigenvalue weighted by Crippen LogP contribution is 2.34. The fourth-order valence-electron chi connectivity index (χ4n) is 2.09. The van der Waals surface area contributed by atoms with Crippen molar-refractivity contribution in [1.82, 2.24) is 0 Å². The molecule has 0 aliphatic carbocycles. The van der Waals surface area contributed by atoms with E-state index in [9.17, 15) is 5.26 Å². The lowest BCUT2D eigenvalue weighted by Crippen LogP contribution is -2.00. The molecule has 0 aromatic heterocycles. The first-order valence-corrected chi connectivity index (χ1v) is 6.15. The Bertz CT molecular complexity index is 715. The van der Waals surface area contributed by atoms with Gasteiger partial charge < -0.3 is 15.2 Å². The molecule has 0 radical (unpaired) electrons. The third kappa shape index (κ3) is 2.06. The zero-order chi connectivity index (χ0) is 13.9. The quantitative estimate of drug-likeness (QED) is 0.669. The molecule has 2 aromatic rings. The zero-order valence-electron chi connectivity index (χ0n) is 10.7. The highest BCUT2D eigenvalue weighted by molar-refractivity contribution is 5.96. The topological polar surface area (TPSA) is 68.3 Å². The number of fused-ring (bicyclic) bond motifs is 1. The lowest BCUT2D eigenvalue weighted by molar-refractivity contribution is 0.174. The summed E-state index contributed by atoms with van der Waals surface area (Å²) in [7, 11) is 0. The molecule has 1 aliphatic heterocycles. The minimum atomic E-state index is 0.214. The average Bonchev–Trinajstić information content (AvgIpc) is 2.96. The van der Waals surface area contributed by atoms with Crippen molar-refractivity contribution in [3.63, 3.8) is 0 Å². The monoisotopic (exact) mass is 264 g/mol. The van der Waals surface area contributed by atoms with Crippen LogP contribution in [0.5, 0.6) is 11.5 Å². The van der Waals surface area contributed by atoms with E-state index in [1.54, 1.807) is 12.1 Å². The molecule has 2 aromatic carbocycles. The molecule has 98 valence electrons. The van der Waals surface area contributed by atoms with E-state index in [-0.39, 0.29) is 6.79 Å². The van der Waals surface area contributed by atoms with Crippen molar-refractivity contribution in [3.8, 4) is 17.6 Å². The van der Waals surface area contributed by atoms with Gasteiger partial charge >= 0.3 is 0 Å². The van der Waals surface area contributed by atoms with Gasteiger partial charge in [0.15, 0.2) is 11.5 Å². The van der Waals surface area contributed by atoms with E-state index in [1.807, 2.05) is 36.4 Å². The van der Waals surface area contributed by atoms with E-state index in [1.165, 1.54) is 0 Å². The van der Waals surface area contributed by atoms with Gasteiger partial charge in [-0.05, 0) is 23.8 Å². The van der Waals surface area contributed by atoms with Crippen molar-refractivity contribution in [2.24, 2.45) is 5.73 Å². The Hall–Kier alpha value is -2.93. The molecule has 3 rings (SSSR count). The number of hydrogen-bond acceptors (Lipinski definition) is 4. The lowest BCUT2D eigenvalue weighted by Gasteiger charge is -2.07. The summed E-state index contributed by atoms with van der Waals surface area (Å²) in [6.45, 7) is 0.214. The molecular formula is C16H12N2O2. The fourth-order valence-corrected chi connectivity index (χ4v) is 2.09. The summed E-state index contributed by atoms with van der Waals surface area (Å²) in [6, 6.07) is 16.9. The third-order valence-electron chi connectivity index (χ3n) is 3.13. The fraction of sp³-hybridized carbons (Fsp3) is 0.0625. The van der Waals surface area contributed by atoms with Crippen LogP contribution >= 0.6 is 0 Å². The second-order valence-corrected chi connectivity index (χ2v) is 4.33. The minimum absolute atomic E-state index is 0.214. The first-order valence-electron chi connectivity index (χ1n) is 6.15. The number of nitrogens with zero attached hydrogens (tertiary/aromatic N) is 1. The van der Waals surface area contributed by atoms with Crippen molar-refractivity contribution >= 4 is 11.3 Å². The van der Waals surface area contributed by atoms with Crippen LogP contribution in [-0.4, -0.2) is 6.79 Å². The molecule has 4 heteroatoms. The first kappa shape index (κ1) is 12.1. The summed E-state index contributed by atoms with van der Waals surface area (Å²) in [5.41, 5.74) is 8.55. The van der Waals surface area contributed by atoms with Gasteiger partial charge in [-0.25, -0.2) is 0 Å². The van der Waals surface area contributed by atoms with Crippen molar-refractivity contribution in [1.29, 1.82) is 5.26 Å². The van der Waals surface area contributed by atoms with Gasteiger partial charge in [0.1, 0.15) is 6.07 Å². The Morgan fingerprint density at radius 1 is 1.00 bits per heavy atom. The Morgan fingerprint density at radius 2 is 1.75 bits per heavy atom. The molecule has 1 heterocycles. The van der Waals surface area contributed by atoms with Crippen molar-refractivity contribution in [2.45, 2.75) is 0 Å². The number of rotatable bonds is 2. The van der Waals surface area contributed by atoms with Gasteiger partial charge in [-0.15, -0.1) is 0 Å². The standard InChI is InChI=1S/C16H12N2O2/c17-9-13(11-4-2-1-3-5-11)16(18)12-6-7-14-15(8-12)20-10-19-14/h1-8H,10,18H2/b16-13-. The van der Waals surface area contributed by atoms with E-state index in [2.05, 4.69) is 6.07 Å². The van der Waals surface area contributed by atoms with E-state index < -0.39 is 0 Å². The van der Waals surface area contributed by atoms with Crippen LogP contribution in [0, 0.1) is 11.3 Å². The van der Waals surface area contributed by atoms with Gasteiger partial charge in [0.25, 0.3) is 0 Å². The molecule has 20 heavy (non-hydrogen) atoms. The molecule has 0 fully saturated rings. The van der Waals surface area contributed by atoms with Crippen LogP contribution in [0.15, 0.2) is 48.5 Å². The summed E-state index contributed by atoms with van der Waals surface area (Å²) in [5, 5.41) is 9.36. The summed E-state index contributed by atoms with van der Waals surface area (Å²) < 4.78 is 10.6. The normalized spacial score (nSPS) is 13.6. The largest absolute Gasteiger partial charge is 0.454 e. The molecule has 1 aliphatic rings. The van der Waals surface area contributed by atoms with Gasteiger partial charge in [0.05, 0.1) is 11.3 Å². The predicted molar refractivity (Wildman–Crippen MR) is 75.6 cm³/mol.